The molecule has 0 spiro atoms. The van der Waals surface area contributed by atoms with Crippen LogP contribution in [0.1, 0.15) is 24.3 Å². The van der Waals surface area contributed by atoms with Crippen molar-refractivity contribution in [3.8, 4) is 0 Å². The van der Waals surface area contributed by atoms with Gasteiger partial charge in [-0.2, -0.15) is 0 Å². The number of halogens is 3. The molecule has 0 aliphatic heterocycles. The third-order valence-electron chi connectivity index (χ3n) is 2.38. The Labute approximate surface area is 115 Å². The second kappa shape index (κ2) is 8.07. The number of amides is 1. The number of carbonyl (C=O) groups is 1. The molecule has 1 aromatic rings. The molecule has 0 bridgehead atoms. The lowest BCUT2D eigenvalue weighted by molar-refractivity contribution is -0.117. The van der Waals surface area contributed by atoms with Gasteiger partial charge in [0.1, 0.15) is 6.61 Å². The van der Waals surface area contributed by atoms with Gasteiger partial charge in [0, 0.05) is 5.69 Å². The highest BCUT2D eigenvalue weighted by Gasteiger charge is 2.10. The molecule has 0 saturated carbocycles. The quantitative estimate of drug-likeness (QED) is 0.616. The van der Waals surface area contributed by atoms with Crippen molar-refractivity contribution in [2.24, 2.45) is 0 Å². The molecule has 0 aromatic heterocycles. The van der Waals surface area contributed by atoms with E-state index in [2.05, 4.69) is 10.1 Å². The SMILES string of the molecule is CC(Cl)c1ccccc1NC(=O)CCOCC(F)F. The minimum Gasteiger partial charge on any atom is -0.375 e. The van der Waals surface area contributed by atoms with Crippen LogP contribution in [0.5, 0.6) is 0 Å². The summed E-state index contributed by atoms with van der Waals surface area (Å²) in [7, 11) is 0. The van der Waals surface area contributed by atoms with Crippen molar-refractivity contribution >= 4 is 23.2 Å². The second-order valence-electron chi connectivity index (χ2n) is 3.97. The fourth-order valence-electron chi connectivity index (χ4n) is 1.51. The summed E-state index contributed by atoms with van der Waals surface area (Å²) in [6.45, 7) is 1.12. The number of hydrogen-bond acceptors (Lipinski definition) is 2. The fourth-order valence-corrected chi connectivity index (χ4v) is 1.70. The van der Waals surface area contributed by atoms with Gasteiger partial charge >= 0.3 is 0 Å². The maximum absolute atomic E-state index is 11.8. The number of rotatable bonds is 7. The van der Waals surface area contributed by atoms with Crippen molar-refractivity contribution < 1.29 is 18.3 Å². The summed E-state index contributed by atoms with van der Waals surface area (Å²) in [6, 6.07) is 7.17. The average Bonchev–Trinajstić information content (AvgIpc) is 2.35. The van der Waals surface area contributed by atoms with E-state index < -0.39 is 13.0 Å². The molecule has 0 radical (unpaired) electrons. The predicted octanol–water partition coefficient (Wildman–Crippen LogP) is 3.60. The number of ether oxygens (including phenoxy) is 1. The van der Waals surface area contributed by atoms with Crippen LogP contribution in [0.3, 0.4) is 0 Å². The van der Waals surface area contributed by atoms with E-state index in [4.69, 9.17) is 11.6 Å². The lowest BCUT2D eigenvalue weighted by Crippen LogP contribution is -2.16. The van der Waals surface area contributed by atoms with Gasteiger partial charge in [-0.15, -0.1) is 11.6 Å². The van der Waals surface area contributed by atoms with Crippen molar-refractivity contribution in [2.75, 3.05) is 18.5 Å². The smallest absolute Gasteiger partial charge is 0.261 e. The van der Waals surface area contributed by atoms with Crippen LogP contribution in [0.2, 0.25) is 0 Å². The third-order valence-corrected chi connectivity index (χ3v) is 2.62. The topological polar surface area (TPSA) is 38.3 Å². The number of hydrogen-bond donors (Lipinski definition) is 1. The average molecular weight is 292 g/mol. The zero-order valence-electron chi connectivity index (χ0n) is 10.5. The molecule has 19 heavy (non-hydrogen) atoms. The van der Waals surface area contributed by atoms with Crippen molar-refractivity contribution in [2.45, 2.75) is 25.1 Å². The first-order chi connectivity index (χ1) is 9.00. The minimum absolute atomic E-state index is 0.0255. The summed E-state index contributed by atoms with van der Waals surface area (Å²) in [4.78, 5) is 11.6. The molecule has 1 N–H and O–H groups in total. The molecule has 1 rings (SSSR count). The standard InChI is InChI=1S/C13H16ClF2NO2/c1-9(14)10-4-2-3-5-11(10)17-13(18)6-7-19-8-12(15)16/h2-5,9,12H,6-8H2,1H3,(H,17,18). The van der Waals surface area contributed by atoms with Gasteiger partial charge in [-0.25, -0.2) is 8.78 Å². The van der Waals surface area contributed by atoms with Crippen LogP contribution < -0.4 is 5.32 Å². The zero-order chi connectivity index (χ0) is 14.3. The lowest BCUT2D eigenvalue weighted by Gasteiger charge is -2.12. The van der Waals surface area contributed by atoms with Gasteiger partial charge in [0.05, 0.1) is 18.4 Å². The van der Waals surface area contributed by atoms with E-state index in [0.29, 0.717) is 5.69 Å². The van der Waals surface area contributed by atoms with Gasteiger partial charge in [-0.1, -0.05) is 18.2 Å². The van der Waals surface area contributed by atoms with Crippen LogP contribution >= 0.6 is 11.6 Å². The Kier molecular flexibility index (Phi) is 6.73. The van der Waals surface area contributed by atoms with Crippen LogP contribution in [0.4, 0.5) is 14.5 Å². The molecule has 1 aromatic carbocycles. The number of nitrogens with one attached hydrogen (secondary N) is 1. The van der Waals surface area contributed by atoms with E-state index in [-0.39, 0.29) is 24.3 Å². The molecule has 3 nitrogen and oxygen atoms in total. The molecular formula is C13H16ClF2NO2. The normalized spacial score (nSPS) is 12.5. The largest absolute Gasteiger partial charge is 0.375 e. The number of carbonyl (C=O) groups excluding carboxylic acids is 1. The van der Waals surface area contributed by atoms with Crippen LogP contribution in [-0.2, 0) is 9.53 Å². The fraction of sp³-hybridized carbons (Fsp3) is 0.462. The molecule has 1 amide bonds. The first kappa shape index (κ1) is 15.9. The van der Waals surface area contributed by atoms with E-state index in [1.165, 1.54) is 0 Å². The Balaban J connectivity index is 2.44. The Morgan fingerprint density at radius 2 is 2.11 bits per heavy atom. The van der Waals surface area contributed by atoms with Crippen molar-refractivity contribution in [1.82, 2.24) is 0 Å². The molecular weight excluding hydrogens is 276 g/mol. The molecule has 0 fully saturated rings. The van der Waals surface area contributed by atoms with E-state index >= 15 is 0 Å². The monoisotopic (exact) mass is 291 g/mol. The number of benzene rings is 1. The van der Waals surface area contributed by atoms with Crippen molar-refractivity contribution in [3.05, 3.63) is 29.8 Å². The molecule has 0 aliphatic rings. The van der Waals surface area contributed by atoms with Crippen LogP contribution in [-0.4, -0.2) is 25.5 Å². The minimum atomic E-state index is -2.51. The Morgan fingerprint density at radius 3 is 2.74 bits per heavy atom. The van der Waals surface area contributed by atoms with Crippen molar-refractivity contribution in [1.29, 1.82) is 0 Å². The van der Waals surface area contributed by atoms with E-state index in [1.807, 2.05) is 12.1 Å². The number of para-hydroxylation sites is 1. The summed E-state index contributed by atoms with van der Waals surface area (Å²) in [5.41, 5.74) is 1.44. The maximum atomic E-state index is 11.8. The molecule has 1 atom stereocenters. The van der Waals surface area contributed by atoms with Crippen LogP contribution in [0.15, 0.2) is 24.3 Å². The Bertz CT molecular complexity index is 413. The first-order valence-corrected chi connectivity index (χ1v) is 6.33. The maximum Gasteiger partial charge on any atom is 0.261 e. The highest BCUT2D eigenvalue weighted by molar-refractivity contribution is 6.21. The number of alkyl halides is 3. The van der Waals surface area contributed by atoms with Gasteiger partial charge in [0.2, 0.25) is 5.91 Å². The van der Waals surface area contributed by atoms with Crippen molar-refractivity contribution in [3.63, 3.8) is 0 Å². The number of anilines is 1. The molecule has 0 heterocycles. The highest BCUT2D eigenvalue weighted by Crippen LogP contribution is 2.26. The van der Waals surface area contributed by atoms with E-state index in [1.54, 1.807) is 19.1 Å². The molecule has 0 aliphatic carbocycles. The summed E-state index contributed by atoms with van der Waals surface area (Å²) in [6.07, 6.45) is -2.49. The summed E-state index contributed by atoms with van der Waals surface area (Å²) in [5, 5.41) is 2.46. The molecule has 0 saturated heterocycles. The molecule has 106 valence electrons. The highest BCUT2D eigenvalue weighted by atomic mass is 35.5. The van der Waals surface area contributed by atoms with Gasteiger partial charge in [0.15, 0.2) is 0 Å². The van der Waals surface area contributed by atoms with Gasteiger partial charge < -0.3 is 10.1 Å². The van der Waals surface area contributed by atoms with Gasteiger partial charge in [-0.3, -0.25) is 4.79 Å². The van der Waals surface area contributed by atoms with Gasteiger partial charge in [-0.05, 0) is 18.6 Å². The predicted molar refractivity (Wildman–Crippen MR) is 70.8 cm³/mol. The van der Waals surface area contributed by atoms with Gasteiger partial charge in [0.25, 0.3) is 6.43 Å². The summed E-state index contributed by atoms with van der Waals surface area (Å²) < 4.78 is 28.3. The lowest BCUT2D eigenvalue weighted by atomic mass is 10.1. The van der Waals surface area contributed by atoms with Crippen LogP contribution in [0, 0.1) is 0 Å². The summed E-state index contributed by atoms with van der Waals surface area (Å²) >= 11 is 5.99. The Hall–Kier alpha value is -1.20. The first-order valence-electron chi connectivity index (χ1n) is 5.89. The summed E-state index contributed by atoms with van der Waals surface area (Å²) in [5.74, 6) is -0.293. The zero-order valence-corrected chi connectivity index (χ0v) is 11.3. The Morgan fingerprint density at radius 1 is 1.42 bits per heavy atom. The van der Waals surface area contributed by atoms with Crippen LogP contribution in [0.25, 0.3) is 0 Å². The van der Waals surface area contributed by atoms with E-state index in [0.717, 1.165) is 5.56 Å². The second-order valence-corrected chi connectivity index (χ2v) is 4.62. The van der Waals surface area contributed by atoms with E-state index in [9.17, 15) is 13.6 Å². The molecule has 6 heteroatoms. The molecule has 1 unspecified atom stereocenters. The third kappa shape index (κ3) is 5.98.